The van der Waals surface area contributed by atoms with Crippen LogP contribution >= 0.6 is 11.6 Å². The predicted octanol–water partition coefficient (Wildman–Crippen LogP) is 3.31. The first-order valence-electron chi connectivity index (χ1n) is 8.93. The maximum Gasteiger partial charge on any atom is 0.414 e. The van der Waals surface area contributed by atoms with Crippen LogP contribution in [0.2, 0.25) is 5.02 Å². The second-order valence-electron chi connectivity index (χ2n) is 6.62. The van der Waals surface area contributed by atoms with Crippen LogP contribution in [0.5, 0.6) is 5.75 Å². The van der Waals surface area contributed by atoms with Crippen molar-refractivity contribution in [3.05, 3.63) is 23.2 Å². The van der Waals surface area contributed by atoms with Gasteiger partial charge in [0.25, 0.3) is 0 Å². The van der Waals surface area contributed by atoms with Gasteiger partial charge in [-0.3, -0.25) is 4.90 Å². The molecule has 0 spiro atoms. The number of nitrogens with one attached hydrogen (secondary N) is 2. The number of ether oxygens (including phenoxy) is 2. The lowest BCUT2D eigenvalue weighted by Gasteiger charge is -2.23. The van der Waals surface area contributed by atoms with Crippen molar-refractivity contribution in [2.45, 2.75) is 44.2 Å². The summed E-state index contributed by atoms with van der Waals surface area (Å²) in [5.74, 6) is 0.542. The lowest BCUT2D eigenvalue weighted by Crippen LogP contribution is -2.45. The van der Waals surface area contributed by atoms with Crippen LogP contribution in [-0.4, -0.2) is 44.5 Å². The zero-order valence-corrected chi connectivity index (χ0v) is 15.6. The fourth-order valence-corrected chi connectivity index (χ4v) is 3.60. The number of rotatable bonds is 5. The number of halogens is 1. The van der Waals surface area contributed by atoms with Crippen molar-refractivity contribution < 1.29 is 19.1 Å². The van der Waals surface area contributed by atoms with Crippen molar-refractivity contribution in [2.24, 2.45) is 0 Å². The number of urea groups is 1. The van der Waals surface area contributed by atoms with E-state index in [1.807, 2.05) is 0 Å². The van der Waals surface area contributed by atoms with Crippen LogP contribution in [0.4, 0.5) is 15.3 Å². The molecule has 1 aliphatic heterocycles. The Morgan fingerprint density at radius 2 is 2.12 bits per heavy atom. The molecule has 3 amide bonds. The Balaban J connectivity index is 1.49. The third-order valence-corrected chi connectivity index (χ3v) is 5.05. The van der Waals surface area contributed by atoms with Crippen LogP contribution in [0.1, 0.15) is 32.1 Å². The number of carbonyl (C=O) groups excluding carboxylic acids is 2. The monoisotopic (exact) mass is 381 g/mol. The van der Waals surface area contributed by atoms with Crippen LogP contribution < -0.4 is 20.3 Å². The molecule has 1 aromatic carbocycles. The lowest BCUT2D eigenvalue weighted by atomic mass is 9.96. The van der Waals surface area contributed by atoms with Crippen LogP contribution in [0.15, 0.2) is 18.2 Å². The predicted molar refractivity (Wildman–Crippen MR) is 99.0 cm³/mol. The number of carbonyl (C=O) groups is 2. The van der Waals surface area contributed by atoms with Crippen molar-refractivity contribution in [1.82, 2.24) is 10.6 Å². The maximum absolute atomic E-state index is 12.1. The molecule has 26 heavy (non-hydrogen) atoms. The van der Waals surface area contributed by atoms with Crippen LogP contribution in [0, 0.1) is 0 Å². The molecular weight excluding hydrogens is 358 g/mol. The van der Waals surface area contributed by atoms with Gasteiger partial charge in [0.15, 0.2) is 0 Å². The molecule has 1 heterocycles. The molecule has 2 fully saturated rings. The Hall–Kier alpha value is -2.15. The molecule has 1 atom stereocenters. The summed E-state index contributed by atoms with van der Waals surface area (Å²) in [6.45, 7) is 0.621. The SMILES string of the molecule is COc1ccc(N2CC(CNC(=O)NC3CCCCC3)OC2=O)cc1Cl. The molecule has 1 saturated carbocycles. The molecule has 1 unspecified atom stereocenters. The average molecular weight is 382 g/mol. The second-order valence-corrected chi connectivity index (χ2v) is 7.03. The Bertz CT molecular complexity index is 664. The first kappa shape index (κ1) is 18.6. The Morgan fingerprint density at radius 3 is 2.81 bits per heavy atom. The largest absolute Gasteiger partial charge is 0.495 e. The third-order valence-electron chi connectivity index (χ3n) is 4.75. The second kappa shape index (κ2) is 8.49. The summed E-state index contributed by atoms with van der Waals surface area (Å²) in [6.07, 6.45) is 4.75. The van der Waals surface area contributed by atoms with Gasteiger partial charge < -0.3 is 20.1 Å². The van der Waals surface area contributed by atoms with Gasteiger partial charge in [-0.25, -0.2) is 9.59 Å². The van der Waals surface area contributed by atoms with E-state index < -0.39 is 12.2 Å². The zero-order chi connectivity index (χ0) is 18.5. The Labute approximate surface area is 158 Å². The maximum atomic E-state index is 12.1. The summed E-state index contributed by atoms with van der Waals surface area (Å²) in [4.78, 5) is 25.6. The van der Waals surface area contributed by atoms with Crippen molar-refractivity contribution in [2.75, 3.05) is 25.1 Å². The first-order valence-corrected chi connectivity index (χ1v) is 9.30. The number of hydrogen-bond donors (Lipinski definition) is 2. The van der Waals surface area contributed by atoms with E-state index in [9.17, 15) is 9.59 Å². The van der Waals surface area contributed by atoms with Gasteiger partial charge in [-0.2, -0.15) is 0 Å². The highest BCUT2D eigenvalue weighted by molar-refractivity contribution is 6.32. The van der Waals surface area contributed by atoms with Gasteiger partial charge in [0.2, 0.25) is 0 Å². The molecule has 142 valence electrons. The van der Waals surface area contributed by atoms with Gasteiger partial charge in [0, 0.05) is 11.7 Å². The van der Waals surface area contributed by atoms with Gasteiger partial charge in [-0.15, -0.1) is 0 Å². The fraction of sp³-hybridized carbons (Fsp3) is 0.556. The molecule has 0 bridgehead atoms. The summed E-state index contributed by atoms with van der Waals surface area (Å²) < 4.78 is 10.5. The lowest BCUT2D eigenvalue weighted by molar-refractivity contribution is 0.140. The van der Waals surface area contributed by atoms with E-state index in [0.717, 1.165) is 25.7 Å². The number of nitrogens with zero attached hydrogens (tertiary/aromatic N) is 1. The topological polar surface area (TPSA) is 79.9 Å². The van der Waals surface area contributed by atoms with Gasteiger partial charge >= 0.3 is 12.1 Å². The summed E-state index contributed by atoms with van der Waals surface area (Å²) in [7, 11) is 1.53. The Kier molecular flexibility index (Phi) is 6.08. The minimum atomic E-state index is -0.453. The van der Waals surface area contributed by atoms with E-state index in [1.54, 1.807) is 18.2 Å². The van der Waals surface area contributed by atoms with Gasteiger partial charge in [-0.1, -0.05) is 30.9 Å². The fourth-order valence-electron chi connectivity index (χ4n) is 3.35. The van der Waals surface area contributed by atoms with Gasteiger partial charge in [-0.05, 0) is 31.0 Å². The summed E-state index contributed by atoms with van der Waals surface area (Å²) in [5, 5.41) is 6.20. The summed E-state index contributed by atoms with van der Waals surface area (Å²) >= 11 is 6.12. The van der Waals surface area contributed by atoms with E-state index in [0.29, 0.717) is 23.0 Å². The van der Waals surface area contributed by atoms with Gasteiger partial charge in [0.05, 0.1) is 25.2 Å². The Morgan fingerprint density at radius 1 is 1.35 bits per heavy atom. The minimum absolute atomic E-state index is 0.209. The van der Waals surface area contributed by atoms with E-state index in [2.05, 4.69) is 10.6 Å². The molecule has 2 aliphatic rings. The molecule has 1 saturated heterocycles. The molecular formula is C18H24ClN3O4. The quantitative estimate of drug-likeness (QED) is 0.820. The van der Waals surface area contributed by atoms with E-state index in [4.69, 9.17) is 21.1 Å². The first-order chi connectivity index (χ1) is 12.6. The van der Waals surface area contributed by atoms with Crippen LogP contribution in [0.3, 0.4) is 0 Å². The standard InChI is InChI=1S/C18H24ClN3O4/c1-25-16-8-7-13(9-15(16)19)22-11-14(26-18(22)24)10-20-17(23)21-12-5-3-2-4-6-12/h7-9,12,14H,2-6,10-11H2,1H3,(H2,20,21,23). The number of cyclic esters (lactones) is 1. The average Bonchev–Trinajstić information content (AvgIpc) is 3.01. The number of anilines is 1. The number of methoxy groups -OCH3 is 1. The molecule has 1 aromatic rings. The highest BCUT2D eigenvalue weighted by atomic mass is 35.5. The van der Waals surface area contributed by atoms with Crippen molar-refractivity contribution in [1.29, 1.82) is 0 Å². The smallest absolute Gasteiger partial charge is 0.414 e. The summed E-state index contributed by atoms with van der Waals surface area (Å²) in [6, 6.07) is 5.14. The van der Waals surface area contributed by atoms with E-state index >= 15 is 0 Å². The number of amides is 3. The third kappa shape index (κ3) is 4.52. The normalized spacial score (nSPS) is 20.6. The highest BCUT2D eigenvalue weighted by Gasteiger charge is 2.33. The molecule has 3 rings (SSSR count). The highest BCUT2D eigenvalue weighted by Crippen LogP contribution is 2.31. The molecule has 2 N–H and O–H groups in total. The minimum Gasteiger partial charge on any atom is -0.495 e. The number of benzene rings is 1. The summed E-state index contributed by atoms with van der Waals surface area (Å²) in [5.41, 5.74) is 0.634. The number of hydrogen-bond acceptors (Lipinski definition) is 4. The van der Waals surface area contributed by atoms with Crippen LogP contribution in [0.25, 0.3) is 0 Å². The molecule has 1 aliphatic carbocycles. The molecule has 7 nitrogen and oxygen atoms in total. The molecule has 0 radical (unpaired) electrons. The zero-order valence-electron chi connectivity index (χ0n) is 14.8. The molecule has 0 aromatic heterocycles. The van der Waals surface area contributed by atoms with Gasteiger partial charge in [0.1, 0.15) is 11.9 Å². The molecule has 8 heteroatoms. The van der Waals surface area contributed by atoms with Crippen molar-refractivity contribution >= 4 is 29.4 Å². The van der Waals surface area contributed by atoms with E-state index in [-0.39, 0.29) is 18.6 Å². The van der Waals surface area contributed by atoms with Crippen LogP contribution in [-0.2, 0) is 4.74 Å². The van der Waals surface area contributed by atoms with E-state index in [1.165, 1.54) is 18.4 Å². The van der Waals surface area contributed by atoms with Crippen molar-refractivity contribution in [3.63, 3.8) is 0 Å². The van der Waals surface area contributed by atoms with Crippen molar-refractivity contribution in [3.8, 4) is 5.75 Å².